The van der Waals surface area contributed by atoms with Crippen LogP contribution >= 0.6 is 11.6 Å². The number of ether oxygens (including phenoxy) is 1. The zero-order valence-electron chi connectivity index (χ0n) is 12.3. The first-order valence-corrected chi connectivity index (χ1v) is 7.12. The number of carbonyl (C=O) groups is 1. The average molecular weight is 297 g/mol. The second kappa shape index (κ2) is 5.26. The summed E-state index contributed by atoms with van der Waals surface area (Å²) in [6.07, 6.45) is 1.69. The van der Waals surface area contributed by atoms with Crippen molar-refractivity contribution in [3.8, 4) is 0 Å². The number of carbonyl (C=O) groups excluding carboxylic acids is 1. The molecule has 20 heavy (non-hydrogen) atoms. The lowest BCUT2D eigenvalue weighted by Gasteiger charge is -2.21. The Morgan fingerprint density at radius 3 is 2.50 bits per heavy atom. The Kier molecular flexibility index (Phi) is 3.98. The molecule has 0 radical (unpaired) electrons. The van der Waals surface area contributed by atoms with Crippen molar-refractivity contribution in [1.82, 2.24) is 5.32 Å². The van der Waals surface area contributed by atoms with Crippen LogP contribution < -0.4 is 10.6 Å². The summed E-state index contributed by atoms with van der Waals surface area (Å²) < 4.78 is 5.24. The standard InChI is InChI=1S/C15H21ClN2O2/c1-14(2,3)20-13(19)18-12-9-10(5-6-11(12)16)15(17-4)7-8-15/h5-6,9,17H,7-8H2,1-4H3,(H,18,19). The average Bonchev–Trinajstić information content (AvgIpc) is 3.10. The Balaban J connectivity index is 2.15. The highest BCUT2D eigenvalue weighted by Gasteiger charge is 2.42. The topological polar surface area (TPSA) is 50.4 Å². The fraction of sp³-hybridized carbons (Fsp3) is 0.533. The normalized spacial score (nSPS) is 16.6. The fourth-order valence-electron chi connectivity index (χ4n) is 2.14. The maximum absolute atomic E-state index is 11.8. The number of benzene rings is 1. The van der Waals surface area contributed by atoms with Crippen LogP contribution in [0, 0.1) is 0 Å². The molecule has 1 aliphatic carbocycles. The van der Waals surface area contributed by atoms with E-state index in [1.54, 1.807) is 6.07 Å². The molecular weight excluding hydrogens is 276 g/mol. The van der Waals surface area contributed by atoms with Gasteiger partial charge in [-0.05, 0) is 58.4 Å². The van der Waals surface area contributed by atoms with E-state index in [1.165, 1.54) is 0 Å². The van der Waals surface area contributed by atoms with Crippen LogP contribution in [0.2, 0.25) is 5.02 Å². The molecule has 0 unspecified atom stereocenters. The van der Waals surface area contributed by atoms with E-state index in [0.29, 0.717) is 10.7 Å². The molecule has 110 valence electrons. The third kappa shape index (κ3) is 3.44. The van der Waals surface area contributed by atoms with Gasteiger partial charge in [0, 0.05) is 5.54 Å². The summed E-state index contributed by atoms with van der Waals surface area (Å²) in [5.41, 5.74) is 1.22. The van der Waals surface area contributed by atoms with Gasteiger partial charge < -0.3 is 10.1 Å². The number of amides is 1. The Bertz CT molecular complexity index is 519. The lowest BCUT2D eigenvalue weighted by molar-refractivity contribution is 0.0636. The number of hydrogen-bond donors (Lipinski definition) is 2. The molecule has 1 aromatic carbocycles. The molecule has 0 saturated heterocycles. The summed E-state index contributed by atoms with van der Waals surface area (Å²) in [5, 5.41) is 6.54. The summed E-state index contributed by atoms with van der Waals surface area (Å²) in [5.74, 6) is 0. The van der Waals surface area contributed by atoms with Crippen molar-refractivity contribution in [2.75, 3.05) is 12.4 Å². The van der Waals surface area contributed by atoms with Crippen LogP contribution in [0.25, 0.3) is 0 Å². The molecule has 0 heterocycles. The van der Waals surface area contributed by atoms with Gasteiger partial charge in [0.1, 0.15) is 5.60 Å². The van der Waals surface area contributed by atoms with E-state index in [1.807, 2.05) is 40.0 Å². The van der Waals surface area contributed by atoms with Gasteiger partial charge in [0.15, 0.2) is 0 Å². The van der Waals surface area contributed by atoms with Gasteiger partial charge in [0.2, 0.25) is 0 Å². The molecule has 1 fully saturated rings. The highest BCUT2D eigenvalue weighted by Crippen LogP contribution is 2.46. The molecule has 4 nitrogen and oxygen atoms in total. The first kappa shape index (κ1) is 15.1. The predicted molar refractivity (Wildman–Crippen MR) is 81.3 cm³/mol. The highest BCUT2D eigenvalue weighted by molar-refractivity contribution is 6.33. The Morgan fingerprint density at radius 2 is 2.00 bits per heavy atom. The minimum absolute atomic E-state index is 0.0367. The van der Waals surface area contributed by atoms with Gasteiger partial charge in [-0.15, -0.1) is 0 Å². The van der Waals surface area contributed by atoms with Gasteiger partial charge in [0.05, 0.1) is 10.7 Å². The van der Waals surface area contributed by atoms with Crippen LogP contribution in [0.4, 0.5) is 10.5 Å². The Labute approximate surface area is 124 Å². The molecule has 0 bridgehead atoms. The first-order chi connectivity index (χ1) is 9.26. The second-order valence-corrected chi connectivity index (χ2v) is 6.56. The highest BCUT2D eigenvalue weighted by atomic mass is 35.5. The third-order valence-corrected chi connectivity index (χ3v) is 3.71. The zero-order chi connectivity index (χ0) is 15.0. The molecule has 0 spiro atoms. The van der Waals surface area contributed by atoms with Crippen molar-refractivity contribution in [1.29, 1.82) is 0 Å². The SMILES string of the molecule is CNC1(c2ccc(Cl)c(NC(=O)OC(C)(C)C)c2)CC1. The molecule has 1 aromatic rings. The molecule has 2 N–H and O–H groups in total. The van der Waals surface area contributed by atoms with Gasteiger partial charge >= 0.3 is 6.09 Å². The van der Waals surface area contributed by atoms with Gasteiger partial charge in [0.25, 0.3) is 0 Å². The van der Waals surface area contributed by atoms with Crippen molar-refractivity contribution < 1.29 is 9.53 Å². The van der Waals surface area contributed by atoms with Crippen molar-refractivity contribution in [2.45, 2.75) is 44.8 Å². The van der Waals surface area contributed by atoms with E-state index >= 15 is 0 Å². The monoisotopic (exact) mass is 296 g/mol. The maximum atomic E-state index is 11.8. The number of nitrogens with one attached hydrogen (secondary N) is 2. The molecule has 0 atom stereocenters. The van der Waals surface area contributed by atoms with Gasteiger partial charge in [-0.2, -0.15) is 0 Å². The predicted octanol–water partition coefficient (Wildman–Crippen LogP) is 3.90. The zero-order valence-corrected chi connectivity index (χ0v) is 13.1. The van der Waals surface area contributed by atoms with Crippen LogP contribution in [0.15, 0.2) is 18.2 Å². The van der Waals surface area contributed by atoms with Crippen molar-refractivity contribution in [2.24, 2.45) is 0 Å². The second-order valence-electron chi connectivity index (χ2n) is 6.15. The largest absolute Gasteiger partial charge is 0.444 e. The molecule has 1 aliphatic rings. The van der Waals surface area contributed by atoms with E-state index in [2.05, 4.69) is 10.6 Å². The number of halogens is 1. The van der Waals surface area contributed by atoms with E-state index in [9.17, 15) is 4.79 Å². The number of rotatable bonds is 3. The molecule has 5 heteroatoms. The van der Waals surface area contributed by atoms with E-state index in [0.717, 1.165) is 18.4 Å². The quantitative estimate of drug-likeness (QED) is 0.889. The minimum Gasteiger partial charge on any atom is -0.444 e. The van der Waals surface area contributed by atoms with E-state index in [4.69, 9.17) is 16.3 Å². The van der Waals surface area contributed by atoms with Crippen LogP contribution in [-0.4, -0.2) is 18.7 Å². The maximum Gasteiger partial charge on any atom is 0.412 e. The molecule has 0 aromatic heterocycles. The third-order valence-electron chi connectivity index (χ3n) is 3.38. The summed E-state index contributed by atoms with van der Waals surface area (Å²) in [6, 6.07) is 5.71. The fourth-order valence-corrected chi connectivity index (χ4v) is 2.31. The first-order valence-electron chi connectivity index (χ1n) is 6.75. The summed E-state index contributed by atoms with van der Waals surface area (Å²) in [6.45, 7) is 5.47. The van der Waals surface area contributed by atoms with Crippen molar-refractivity contribution in [3.63, 3.8) is 0 Å². The number of anilines is 1. The summed E-state index contributed by atoms with van der Waals surface area (Å²) in [4.78, 5) is 11.8. The molecule has 0 aliphatic heterocycles. The molecule has 1 saturated carbocycles. The molecular formula is C15H21ClN2O2. The molecule has 1 amide bonds. The summed E-state index contributed by atoms with van der Waals surface area (Å²) >= 11 is 6.13. The minimum atomic E-state index is -0.531. The smallest absolute Gasteiger partial charge is 0.412 e. The lowest BCUT2D eigenvalue weighted by Crippen LogP contribution is -2.28. The van der Waals surface area contributed by atoms with Gasteiger partial charge in [-0.3, -0.25) is 5.32 Å². The van der Waals surface area contributed by atoms with Gasteiger partial charge in [-0.25, -0.2) is 4.79 Å². The van der Waals surface area contributed by atoms with Crippen LogP contribution in [-0.2, 0) is 10.3 Å². The Morgan fingerprint density at radius 1 is 1.35 bits per heavy atom. The Hall–Kier alpha value is -1.26. The van der Waals surface area contributed by atoms with Crippen LogP contribution in [0.1, 0.15) is 39.2 Å². The van der Waals surface area contributed by atoms with Crippen molar-refractivity contribution in [3.05, 3.63) is 28.8 Å². The van der Waals surface area contributed by atoms with Crippen LogP contribution in [0.5, 0.6) is 0 Å². The summed E-state index contributed by atoms with van der Waals surface area (Å²) in [7, 11) is 1.95. The number of hydrogen-bond acceptors (Lipinski definition) is 3. The van der Waals surface area contributed by atoms with E-state index in [-0.39, 0.29) is 5.54 Å². The van der Waals surface area contributed by atoms with E-state index < -0.39 is 11.7 Å². The van der Waals surface area contributed by atoms with Crippen molar-refractivity contribution >= 4 is 23.4 Å². The van der Waals surface area contributed by atoms with Gasteiger partial charge in [-0.1, -0.05) is 17.7 Å². The lowest BCUT2D eigenvalue weighted by atomic mass is 10.0. The molecule has 2 rings (SSSR count). The van der Waals surface area contributed by atoms with Crippen LogP contribution in [0.3, 0.4) is 0 Å².